The predicted octanol–water partition coefficient (Wildman–Crippen LogP) is 3.29. The predicted molar refractivity (Wildman–Crippen MR) is 105 cm³/mol. The average molecular weight is 390 g/mol. The number of benzene rings is 1. The minimum absolute atomic E-state index is 0.0530. The largest absolute Gasteiger partial charge is 0.355 e. The normalized spacial score (nSPS) is 15.3. The van der Waals surface area contributed by atoms with Crippen LogP contribution < -0.4 is 11.2 Å². The highest BCUT2D eigenvalue weighted by Crippen LogP contribution is 2.25. The lowest BCUT2D eigenvalue weighted by molar-refractivity contribution is -0.120. The molecule has 1 aromatic carbocycles. The second-order valence-electron chi connectivity index (χ2n) is 6.59. The van der Waals surface area contributed by atoms with Gasteiger partial charge in [-0.25, -0.2) is 9.07 Å². The highest BCUT2D eigenvalue weighted by Gasteiger charge is 2.20. The van der Waals surface area contributed by atoms with E-state index in [1.165, 1.54) is 47.0 Å². The molecular formula is C19H24FN5OS. The molecule has 0 saturated carbocycles. The van der Waals surface area contributed by atoms with E-state index < -0.39 is 0 Å². The summed E-state index contributed by atoms with van der Waals surface area (Å²) in [5.41, 5.74) is 2.10. The molecule has 0 spiro atoms. The number of carbonyl (C=O) groups is 1. The van der Waals surface area contributed by atoms with Crippen LogP contribution in [0.4, 0.5) is 4.39 Å². The number of hydrogen-bond acceptors (Lipinski definition) is 5. The van der Waals surface area contributed by atoms with Crippen LogP contribution in [-0.4, -0.2) is 32.6 Å². The molecule has 0 unspecified atom stereocenters. The first kappa shape index (κ1) is 19.4. The first-order chi connectivity index (χ1) is 13.0. The molecule has 1 aliphatic carbocycles. The zero-order chi connectivity index (χ0) is 19.2. The maximum Gasteiger partial charge on any atom is 0.233 e. The van der Waals surface area contributed by atoms with E-state index in [-0.39, 0.29) is 17.0 Å². The Bertz CT molecular complexity index is 818. The van der Waals surface area contributed by atoms with Crippen molar-refractivity contribution in [1.82, 2.24) is 20.2 Å². The summed E-state index contributed by atoms with van der Waals surface area (Å²) in [6.07, 6.45) is 8.01. The molecule has 1 aromatic heterocycles. The van der Waals surface area contributed by atoms with Crippen LogP contribution in [0, 0.1) is 5.82 Å². The Labute approximate surface area is 162 Å². The van der Waals surface area contributed by atoms with E-state index in [1.54, 1.807) is 12.1 Å². The fourth-order valence-electron chi connectivity index (χ4n) is 2.99. The number of allylic oxidation sites excluding steroid dienone is 1. The highest BCUT2D eigenvalue weighted by atomic mass is 32.2. The van der Waals surface area contributed by atoms with Gasteiger partial charge in [0.25, 0.3) is 0 Å². The summed E-state index contributed by atoms with van der Waals surface area (Å²) >= 11 is 1.25. The number of nitrogens with two attached hydrogens (primary N) is 1. The van der Waals surface area contributed by atoms with Crippen molar-refractivity contribution in [2.24, 2.45) is 0 Å². The topological polar surface area (TPSA) is 85.8 Å². The molecule has 8 heteroatoms. The van der Waals surface area contributed by atoms with Gasteiger partial charge < -0.3 is 11.2 Å². The van der Waals surface area contributed by atoms with Gasteiger partial charge in [-0.15, -0.1) is 10.2 Å². The Kier molecular flexibility index (Phi) is 6.49. The van der Waals surface area contributed by atoms with Crippen LogP contribution in [0.1, 0.15) is 39.0 Å². The molecule has 0 bridgehead atoms. The molecule has 0 saturated heterocycles. The summed E-state index contributed by atoms with van der Waals surface area (Å²) in [4.78, 5) is 12.3. The van der Waals surface area contributed by atoms with Crippen molar-refractivity contribution in [3.8, 4) is 11.4 Å². The van der Waals surface area contributed by atoms with Crippen LogP contribution in [-0.2, 0) is 4.79 Å². The van der Waals surface area contributed by atoms with Crippen LogP contribution in [0.2, 0.25) is 0 Å². The van der Waals surface area contributed by atoms with Gasteiger partial charge in [-0.2, -0.15) is 0 Å². The molecule has 1 amide bonds. The lowest BCUT2D eigenvalue weighted by atomic mass is 9.97. The van der Waals surface area contributed by atoms with E-state index in [1.807, 2.05) is 6.92 Å². The van der Waals surface area contributed by atoms with Gasteiger partial charge in [0.15, 0.2) is 5.82 Å². The molecule has 144 valence electrons. The second kappa shape index (κ2) is 9.03. The van der Waals surface area contributed by atoms with Gasteiger partial charge in [0.1, 0.15) is 5.82 Å². The Morgan fingerprint density at radius 1 is 1.33 bits per heavy atom. The zero-order valence-corrected chi connectivity index (χ0v) is 16.1. The monoisotopic (exact) mass is 389 g/mol. The highest BCUT2D eigenvalue weighted by molar-refractivity contribution is 8.00. The molecule has 0 aliphatic heterocycles. The third kappa shape index (κ3) is 5.09. The molecule has 1 atom stereocenters. The number of halogens is 1. The molecule has 27 heavy (non-hydrogen) atoms. The molecule has 1 heterocycles. The summed E-state index contributed by atoms with van der Waals surface area (Å²) < 4.78 is 14.4. The van der Waals surface area contributed by atoms with E-state index in [0.717, 1.165) is 19.3 Å². The maximum atomic E-state index is 13.1. The fraction of sp³-hybridized carbons (Fsp3) is 0.421. The molecule has 2 aromatic rings. The van der Waals surface area contributed by atoms with E-state index >= 15 is 0 Å². The first-order valence-electron chi connectivity index (χ1n) is 9.13. The van der Waals surface area contributed by atoms with Crippen LogP contribution in [0.25, 0.3) is 11.4 Å². The van der Waals surface area contributed by atoms with E-state index in [2.05, 4.69) is 21.6 Å². The number of nitrogens with zero attached hydrogens (tertiary/aromatic N) is 3. The number of aromatic nitrogens is 3. The van der Waals surface area contributed by atoms with Crippen LogP contribution >= 0.6 is 11.8 Å². The molecular weight excluding hydrogens is 365 g/mol. The molecule has 6 nitrogen and oxygen atoms in total. The Morgan fingerprint density at radius 3 is 2.81 bits per heavy atom. The Hall–Kier alpha value is -2.35. The van der Waals surface area contributed by atoms with Crippen molar-refractivity contribution < 1.29 is 9.18 Å². The lowest BCUT2D eigenvalue weighted by Gasteiger charge is -2.14. The van der Waals surface area contributed by atoms with Crippen molar-refractivity contribution in [2.75, 3.05) is 12.4 Å². The maximum absolute atomic E-state index is 13.1. The minimum atomic E-state index is -0.349. The van der Waals surface area contributed by atoms with Crippen molar-refractivity contribution in [2.45, 2.75) is 49.4 Å². The van der Waals surface area contributed by atoms with Crippen molar-refractivity contribution >= 4 is 17.7 Å². The molecule has 1 aliphatic rings. The van der Waals surface area contributed by atoms with Crippen LogP contribution in [0.3, 0.4) is 0 Å². The standard InChI is InChI=1S/C19H24FN5OS/c1-13(18(26)22-12-11-14-5-3-2-4-6-14)27-19-24-23-17(25(19)21)15-7-9-16(20)10-8-15/h5,7-10,13H,2-4,6,11-12,21H2,1H3,(H,22,26)/t13-/m0/s1. The van der Waals surface area contributed by atoms with Gasteiger partial charge in [-0.1, -0.05) is 23.4 Å². The molecule has 0 radical (unpaired) electrons. The second-order valence-corrected chi connectivity index (χ2v) is 7.90. The first-order valence-corrected chi connectivity index (χ1v) is 10.0. The summed E-state index contributed by atoms with van der Waals surface area (Å²) in [5.74, 6) is 6.10. The van der Waals surface area contributed by atoms with Gasteiger partial charge in [0, 0.05) is 12.1 Å². The van der Waals surface area contributed by atoms with Gasteiger partial charge in [-0.05, 0) is 63.3 Å². The number of hydrogen-bond donors (Lipinski definition) is 2. The van der Waals surface area contributed by atoms with Gasteiger partial charge >= 0.3 is 0 Å². The summed E-state index contributed by atoms with van der Waals surface area (Å²) in [7, 11) is 0. The summed E-state index contributed by atoms with van der Waals surface area (Å²) in [6.45, 7) is 2.46. The summed E-state index contributed by atoms with van der Waals surface area (Å²) in [6, 6.07) is 5.86. The molecule has 0 fully saturated rings. The van der Waals surface area contributed by atoms with Crippen LogP contribution in [0.15, 0.2) is 41.1 Å². The lowest BCUT2D eigenvalue weighted by Crippen LogP contribution is -2.32. The molecule has 3 rings (SSSR count). The quantitative estimate of drug-likeness (QED) is 0.431. The third-order valence-electron chi connectivity index (χ3n) is 4.55. The van der Waals surface area contributed by atoms with Crippen LogP contribution in [0.5, 0.6) is 0 Å². The number of rotatable bonds is 7. The smallest absolute Gasteiger partial charge is 0.233 e. The summed E-state index contributed by atoms with van der Waals surface area (Å²) in [5, 5.41) is 11.2. The number of thioether (sulfide) groups is 1. The SMILES string of the molecule is C[C@H](Sc1nnc(-c2ccc(F)cc2)n1N)C(=O)NCCC1=CCCCC1. The van der Waals surface area contributed by atoms with Crippen molar-refractivity contribution in [3.63, 3.8) is 0 Å². The number of amides is 1. The van der Waals surface area contributed by atoms with Crippen molar-refractivity contribution in [3.05, 3.63) is 41.7 Å². The number of nitrogens with one attached hydrogen (secondary N) is 1. The Balaban J connectivity index is 1.54. The Morgan fingerprint density at radius 2 is 2.11 bits per heavy atom. The van der Waals surface area contributed by atoms with Gasteiger partial charge in [0.2, 0.25) is 11.1 Å². The number of carbonyl (C=O) groups excluding carboxylic acids is 1. The third-order valence-corrected chi connectivity index (χ3v) is 5.61. The fourth-order valence-corrected chi connectivity index (χ4v) is 3.78. The van der Waals surface area contributed by atoms with E-state index in [4.69, 9.17) is 5.84 Å². The zero-order valence-electron chi connectivity index (χ0n) is 15.3. The minimum Gasteiger partial charge on any atom is -0.355 e. The molecule has 3 N–H and O–H groups in total. The van der Waals surface area contributed by atoms with Gasteiger partial charge in [-0.3, -0.25) is 4.79 Å². The number of nitrogen functional groups attached to an aromatic ring is 1. The van der Waals surface area contributed by atoms with E-state index in [0.29, 0.717) is 23.1 Å². The van der Waals surface area contributed by atoms with Gasteiger partial charge in [0.05, 0.1) is 5.25 Å². The van der Waals surface area contributed by atoms with Crippen molar-refractivity contribution in [1.29, 1.82) is 0 Å². The average Bonchev–Trinajstić information content (AvgIpc) is 3.03. The van der Waals surface area contributed by atoms with E-state index in [9.17, 15) is 9.18 Å².